The third-order valence-corrected chi connectivity index (χ3v) is 12.4. The van der Waals surface area contributed by atoms with E-state index in [1.807, 2.05) is 0 Å². The maximum atomic E-state index is 12.8. The second kappa shape index (κ2) is 12.3. The van der Waals surface area contributed by atoms with Crippen molar-refractivity contribution in [1.29, 1.82) is 0 Å². The largest absolute Gasteiger partial charge is 0.509 e. The number of nitrogens with one attached hydrogen (secondary N) is 1. The van der Waals surface area contributed by atoms with Crippen molar-refractivity contribution in [2.75, 3.05) is 13.2 Å². The molecule has 3 N–H and O–H groups in total. The van der Waals surface area contributed by atoms with Crippen molar-refractivity contribution in [2.45, 2.75) is 104 Å². The van der Waals surface area contributed by atoms with Gasteiger partial charge >= 0.3 is 6.98 Å². The molecule has 9 heteroatoms. The number of ether oxygens (including phenoxy) is 1. The summed E-state index contributed by atoms with van der Waals surface area (Å²) in [5.41, 5.74) is -0.208. The fraction of sp³-hybridized carbons (Fsp3) is 0.788. The molecule has 0 aliphatic heterocycles. The van der Waals surface area contributed by atoms with Crippen molar-refractivity contribution in [3.63, 3.8) is 0 Å². The Bertz CT molecular complexity index is 1090. The first-order valence-corrected chi connectivity index (χ1v) is 16.4. The van der Waals surface area contributed by atoms with Gasteiger partial charge in [0, 0.05) is 13.0 Å². The van der Waals surface area contributed by atoms with Gasteiger partial charge in [-0.3, -0.25) is 4.79 Å². The first kappa shape index (κ1) is 31.7. The Labute approximate surface area is 249 Å². The number of carbonyl (C=O) groups is 1. The van der Waals surface area contributed by atoms with E-state index in [0.717, 1.165) is 50.7 Å². The minimum atomic E-state index is -5.01. The minimum Gasteiger partial charge on any atom is -0.494 e. The zero-order chi connectivity index (χ0) is 30.3. The average molecular weight is 593 g/mol. The number of carbonyl (C=O) groups excluding carboxylic acids is 1. The highest BCUT2D eigenvalue weighted by Crippen LogP contribution is 2.68. The van der Waals surface area contributed by atoms with Crippen LogP contribution in [0, 0.1) is 46.3 Å². The summed E-state index contributed by atoms with van der Waals surface area (Å²) in [6.07, 6.45) is 9.75. The van der Waals surface area contributed by atoms with E-state index in [1.54, 1.807) is 0 Å². The smallest absolute Gasteiger partial charge is 0.494 e. The van der Waals surface area contributed by atoms with E-state index >= 15 is 0 Å². The SMILES string of the molecule is C[C@H](CCC(=O)NCCCOc1ccc([B-](F)(F)F)cc1)[C@H]1CC[C@H]2C3C(O)C[C@@H]4C[C@H](O)CC[C@]4(C)[C@H]3CC[C@]12C. The number of aliphatic hydroxyl groups is 2. The van der Waals surface area contributed by atoms with Gasteiger partial charge in [0.15, 0.2) is 0 Å². The molecule has 0 aromatic heterocycles. The van der Waals surface area contributed by atoms with E-state index in [4.69, 9.17) is 4.74 Å². The number of fused-ring (bicyclic) bond motifs is 5. The van der Waals surface area contributed by atoms with Gasteiger partial charge in [0.05, 0.1) is 18.8 Å². The zero-order valence-corrected chi connectivity index (χ0v) is 25.5. The van der Waals surface area contributed by atoms with Crippen molar-refractivity contribution >= 4 is 18.3 Å². The van der Waals surface area contributed by atoms with E-state index in [9.17, 15) is 28.0 Å². The van der Waals surface area contributed by atoms with Crippen molar-refractivity contribution in [3.8, 4) is 5.75 Å². The number of hydrogen-bond acceptors (Lipinski definition) is 4. The summed E-state index contributed by atoms with van der Waals surface area (Å²) in [6, 6.07) is 4.73. The number of amides is 1. The van der Waals surface area contributed by atoms with Crippen LogP contribution in [0.5, 0.6) is 5.75 Å². The van der Waals surface area contributed by atoms with Gasteiger partial charge in [-0.25, -0.2) is 0 Å². The first-order valence-electron chi connectivity index (χ1n) is 16.4. The van der Waals surface area contributed by atoms with Crippen LogP contribution in [-0.2, 0) is 4.79 Å². The zero-order valence-electron chi connectivity index (χ0n) is 25.5. The lowest BCUT2D eigenvalue weighted by Gasteiger charge is -2.62. The molecule has 1 aromatic carbocycles. The summed E-state index contributed by atoms with van der Waals surface area (Å²) in [5, 5.41) is 24.7. The molecule has 1 aromatic rings. The summed E-state index contributed by atoms with van der Waals surface area (Å²) < 4.78 is 43.8. The van der Waals surface area contributed by atoms with Crippen molar-refractivity contribution < 1.29 is 32.7 Å². The van der Waals surface area contributed by atoms with E-state index in [0.29, 0.717) is 67.3 Å². The monoisotopic (exact) mass is 592 g/mol. The number of hydrogen-bond donors (Lipinski definition) is 3. The maximum Gasteiger partial charge on any atom is 0.509 e. The predicted octanol–water partition coefficient (Wildman–Crippen LogP) is 6.03. The molecule has 0 heterocycles. The van der Waals surface area contributed by atoms with Crippen LogP contribution in [0.3, 0.4) is 0 Å². The van der Waals surface area contributed by atoms with Crippen molar-refractivity contribution in [1.82, 2.24) is 5.32 Å². The molecule has 10 atom stereocenters. The molecule has 5 rings (SSSR count). The van der Waals surface area contributed by atoms with Gasteiger partial charge in [-0.1, -0.05) is 32.9 Å². The molecular weight excluding hydrogens is 542 g/mol. The van der Waals surface area contributed by atoms with E-state index < -0.39 is 12.4 Å². The molecule has 1 amide bonds. The highest BCUT2D eigenvalue weighted by Gasteiger charge is 2.62. The lowest BCUT2D eigenvalue weighted by Crippen LogP contribution is -2.58. The molecule has 4 saturated carbocycles. The average Bonchev–Trinajstić information content (AvgIpc) is 3.29. The molecule has 0 spiro atoms. The van der Waals surface area contributed by atoms with Gasteiger partial charge in [-0.2, -0.15) is 0 Å². The molecule has 0 bridgehead atoms. The van der Waals surface area contributed by atoms with Gasteiger partial charge < -0.3 is 33.2 Å². The number of halogens is 3. The van der Waals surface area contributed by atoms with Crippen LogP contribution < -0.4 is 15.5 Å². The molecular formula is C33H50BF3NO4-. The van der Waals surface area contributed by atoms with Crippen LogP contribution in [-0.4, -0.2) is 48.5 Å². The Morgan fingerprint density at radius 1 is 1.02 bits per heavy atom. The van der Waals surface area contributed by atoms with Crippen LogP contribution in [0.1, 0.15) is 91.4 Å². The van der Waals surface area contributed by atoms with Gasteiger partial charge in [-0.05, 0) is 123 Å². The number of benzene rings is 1. The molecule has 4 aliphatic rings. The topological polar surface area (TPSA) is 78.8 Å². The Kier molecular flexibility index (Phi) is 9.31. The molecule has 5 nitrogen and oxygen atoms in total. The Hall–Kier alpha value is -1.74. The van der Waals surface area contributed by atoms with E-state index in [2.05, 4.69) is 26.1 Å². The highest BCUT2D eigenvalue weighted by atomic mass is 19.4. The van der Waals surface area contributed by atoms with Crippen LogP contribution >= 0.6 is 0 Å². The number of rotatable bonds is 10. The Morgan fingerprint density at radius 3 is 2.43 bits per heavy atom. The summed E-state index contributed by atoms with van der Waals surface area (Å²) in [7, 11) is 0. The highest BCUT2D eigenvalue weighted by molar-refractivity contribution is 6.73. The van der Waals surface area contributed by atoms with E-state index in [1.165, 1.54) is 31.4 Å². The molecule has 4 fully saturated rings. The summed E-state index contributed by atoms with van der Waals surface area (Å²) in [6.45, 7) is 3.00. The number of aliphatic hydroxyl groups excluding tert-OH is 2. The van der Waals surface area contributed by atoms with Crippen LogP contribution in [0.2, 0.25) is 0 Å². The minimum absolute atomic E-state index is 0.0307. The second-order valence-electron chi connectivity index (χ2n) is 14.7. The first-order chi connectivity index (χ1) is 19.8. The lowest BCUT2D eigenvalue weighted by atomic mass is 9.43. The van der Waals surface area contributed by atoms with E-state index in [-0.39, 0.29) is 28.9 Å². The normalized spacial score (nSPS) is 38.6. The standard InChI is InChI=1S/C33H50BF3NO4/c1-21(5-12-30(41)38-17-4-18-42-25-8-6-23(7-9-25)34(35,36)37)26-10-11-27-31-28(14-16-33(26,27)3)32(2)15-13-24(39)19-22(32)20-29(31)40/h6-9,21-22,24,26-29,31,39-40H,4-5,10-20H2,1-3H3,(H,38,41)/q-1/t21-,22+,24-,26-,27+,28+,29?,31?,32+,33-/m1/s1. The van der Waals surface area contributed by atoms with Gasteiger partial charge in [-0.15, -0.1) is 5.46 Å². The fourth-order valence-corrected chi connectivity index (χ4v) is 10.1. The quantitative estimate of drug-likeness (QED) is 0.229. The third kappa shape index (κ3) is 6.24. The van der Waals surface area contributed by atoms with Crippen LogP contribution in [0.4, 0.5) is 12.9 Å². The fourth-order valence-electron chi connectivity index (χ4n) is 10.1. The van der Waals surface area contributed by atoms with Gasteiger partial charge in [0.25, 0.3) is 0 Å². The summed E-state index contributed by atoms with van der Waals surface area (Å²) >= 11 is 0. The molecule has 42 heavy (non-hydrogen) atoms. The Morgan fingerprint density at radius 2 is 1.71 bits per heavy atom. The molecule has 0 saturated heterocycles. The lowest BCUT2D eigenvalue weighted by molar-refractivity contribution is -0.174. The molecule has 4 aliphatic carbocycles. The van der Waals surface area contributed by atoms with Crippen LogP contribution in [0.25, 0.3) is 0 Å². The molecule has 236 valence electrons. The Balaban J connectivity index is 1.06. The van der Waals surface area contributed by atoms with Gasteiger partial charge in [0.2, 0.25) is 5.91 Å². The van der Waals surface area contributed by atoms with Gasteiger partial charge in [0.1, 0.15) is 5.75 Å². The van der Waals surface area contributed by atoms with Crippen LogP contribution in [0.15, 0.2) is 24.3 Å². The van der Waals surface area contributed by atoms with Crippen molar-refractivity contribution in [3.05, 3.63) is 24.3 Å². The maximum absolute atomic E-state index is 12.8. The molecule has 0 radical (unpaired) electrons. The second-order valence-corrected chi connectivity index (χ2v) is 14.7. The predicted molar refractivity (Wildman–Crippen MR) is 159 cm³/mol. The summed E-state index contributed by atoms with van der Waals surface area (Å²) in [4.78, 5) is 12.6. The third-order valence-electron chi connectivity index (χ3n) is 12.4. The summed E-state index contributed by atoms with van der Waals surface area (Å²) in [5.74, 6) is 3.26. The van der Waals surface area contributed by atoms with Crippen molar-refractivity contribution in [2.24, 2.45) is 46.3 Å². The molecule has 2 unspecified atom stereocenters.